The summed E-state index contributed by atoms with van der Waals surface area (Å²) in [5.41, 5.74) is 1.06. The molecule has 0 atom stereocenters. The lowest BCUT2D eigenvalue weighted by atomic mass is 10.3. The van der Waals surface area contributed by atoms with E-state index < -0.39 is 0 Å². The van der Waals surface area contributed by atoms with Crippen molar-refractivity contribution in [1.82, 2.24) is 15.0 Å². The second-order valence-electron chi connectivity index (χ2n) is 3.91. The summed E-state index contributed by atoms with van der Waals surface area (Å²) in [6.45, 7) is 9.11. The van der Waals surface area contributed by atoms with Crippen LogP contribution in [0.3, 0.4) is 0 Å². The molecule has 1 aromatic rings. The Bertz CT molecular complexity index is 396. The molecule has 18 heavy (non-hydrogen) atoms. The quantitative estimate of drug-likeness (QED) is 0.714. The summed E-state index contributed by atoms with van der Waals surface area (Å²) in [4.78, 5) is 12.3. The summed E-state index contributed by atoms with van der Waals surface area (Å²) in [6.07, 6.45) is 1.76. The van der Waals surface area contributed by atoms with Crippen molar-refractivity contribution in [2.45, 2.75) is 26.7 Å². The standard InChI is InChI=1S/C12H20N4O2/c1-5-7-13-10-14-11(17-4)16-12(15-10)18-8-6-9(2)3/h2,5-8H2,1,3-4H3,(H,13,14,15,16). The van der Waals surface area contributed by atoms with Gasteiger partial charge in [-0.2, -0.15) is 9.97 Å². The first-order valence-electron chi connectivity index (χ1n) is 5.96. The van der Waals surface area contributed by atoms with E-state index in [1.807, 2.05) is 6.92 Å². The third-order valence-corrected chi connectivity index (χ3v) is 2.07. The van der Waals surface area contributed by atoms with Crippen molar-refractivity contribution < 1.29 is 9.47 Å². The number of nitrogens with zero attached hydrogens (tertiary/aromatic N) is 3. The number of aromatic nitrogens is 3. The van der Waals surface area contributed by atoms with Crippen molar-refractivity contribution >= 4 is 5.95 Å². The van der Waals surface area contributed by atoms with E-state index in [1.165, 1.54) is 7.11 Å². The Labute approximate surface area is 107 Å². The highest BCUT2D eigenvalue weighted by Crippen LogP contribution is 2.13. The molecule has 6 nitrogen and oxygen atoms in total. The van der Waals surface area contributed by atoms with Crippen LogP contribution < -0.4 is 14.8 Å². The maximum Gasteiger partial charge on any atom is 0.324 e. The van der Waals surface area contributed by atoms with E-state index in [4.69, 9.17) is 9.47 Å². The molecule has 0 spiro atoms. The van der Waals surface area contributed by atoms with Gasteiger partial charge in [0.25, 0.3) is 0 Å². The van der Waals surface area contributed by atoms with Crippen molar-refractivity contribution in [3.8, 4) is 12.0 Å². The van der Waals surface area contributed by atoms with Crippen LogP contribution in [-0.4, -0.2) is 35.2 Å². The minimum atomic E-state index is 0.244. The number of anilines is 1. The highest BCUT2D eigenvalue weighted by molar-refractivity contribution is 5.27. The van der Waals surface area contributed by atoms with Crippen LogP contribution in [0.4, 0.5) is 5.95 Å². The van der Waals surface area contributed by atoms with Gasteiger partial charge in [0.1, 0.15) is 0 Å². The fourth-order valence-electron chi connectivity index (χ4n) is 1.13. The highest BCUT2D eigenvalue weighted by Gasteiger charge is 2.07. The van der Waals surface area contributed by atoms with Crippen LogP contribution in [-0.2, 0) is 0 Å². The van der Waals surface area contributed by atoms with Gasteiger partial charge in [-0.1, -0.05) is 12.5 Å². The first-order valence-corrected chi connectivity index (χ1v) is 5.96. The molecule has 100 valence electrons. The third kappa shape index (κ3) is 4.99. The van der Waals surface area contributed by atoms with E-state index in [9.17, 15) is 0 Å². The first-order chi connectivity index (χ1) is 8.65. The molecule has 0 radical (unpaired) electrons. The lowest BCUT2D eigenvalue weighted by molar-refractivity contribution is 0.284. The lowest BCUT2D eigenvalue weighted by Crippen LogP contribution is -2.09. The number of rotatable bonds is 8. The molecular weight excluding hydrogens is 232 g/mol. The van der Waals surface area contributed by atoms with Gasteiger partial charge in [0.05, 0.1) is 13.7 Å². The van der Waals surface area contributed by atoms with Gasteiger partial charge >= 0.3 is 12.0 Å². The fraction of sp³-hybridized carbons (Fsp3) is 0.583. The maximum atomic E-state index is 5.44. The van der Waals surface area contributed by atoms with E-state index in [2.05, 4.69) is 33.8 Å². The van der Waals surface area contributed by atoms with Crippen molar-refractivity contribution in [2.75, 3.05) is 25.6 Å². The summed E-state index contributed by atoms with van der Waals surface area (Å²) in [7, 11) is 1.51. The molecule has 6 heteroatoms. The van der Waals surface area contributed by atoms with Gasteiger partial charge in [-0.3, -0.25) is 0 Å². The summed E-state index contributed by atoms with van der Waals surface area (Å²) in [5, 5.41) is 3.07. The van der Waals surface area contributed by atoms with Crippen LogP contribution in [0.2, 0.25) is 0 Å². The highest BCUT2D eigenvalue weighted by atomic mass is 16.5. The van der Waals surface area contributed by atoms with E-state index >= 15 is 0 Å². The number of hydrogen-bond acceptors (Lipinski definition) is 6. The normalized spacial score (nSPS) is 9.94. The first kappa shape index (κ1) is 14.2. The molecule has 0 amide bonds. The smallest absolute Gasteiger partial charge is 0.324 e. The van der Waals surface area contributed by atoms with E-state index in [0.29, 0.717) is 12.6 Å². The third-order valence-electron chi connectivity index (χ3n) is 2.07. The molecule has 0 unspecified atom stereocenters. The molecule has 1 N–H and O–H groups in total. The number of ether oxygens (including phenoxy) is 2. The molecule has 1 aromatic heterocycles. The predicted octanol–water partition coefficient (Wildman–Crippen LogP) is 2.05. The van der Waals surface area contributed by atoms with Crippen LogP contribution in [0.5, 0.6) is 12.0 Å². The lowest BCUT2D eigenvalue weighted by Gasteiger charge is -2.08. The van der Waals surface area contributed by atoms with Gasteiger partial charge in [0, 0.05) is 13.0 Å². The SMILES string of the molecule is C=C(C)CCOc1nc(NCCC)nc(OC)n1. The van der Waals surface area contributed by atoms with E-state index in [0.717, 1.165) is 25.0 Å². The maximum absolute atomic E-state index is 5.44. The molecule has 0 aliphatic heterocycles. The molecule has 0 bridgehead atoms. The van der Waals surface area contributed by atoms with Crippen LogP contribution in [0.25, 0.3) is 0 Å². The summed E-state index contributed by atoms with van der Waals surface area (Å²) in [5.74, 6) is 0.467. The van der Waals surface area contributed by atoms with Gasteiger partial charge < -0.3 is 14.8 Å². The molecule has 0 saturated carbocycles. The number of nitrogens with one attached hydrogen (secondary N) is 1. The summed E-state index contributed by atoms with van der Waals surface area (Å²) < 4.78 is 10.4. The number of methoxy groups -OCH3 is 1. The van der Waals surface area contributed by atoms with Crippen LogP contribution in [0.1, 0.15) is 26.7 Å². The van der Waals surface area contributed by atoms with Gasteiger partial charge in [-0.15, -0.1) is 11.6 Å². The Balaban J connectivity index is 2.67. The van der Waals surface area contributed by atoms with Crippen molar-refractivity contribution in [2.24, 2.45) is 0 Å². The molecule has 0 aromatic carbocycles. The minimum absolute atomic E-state index is 0.244. The monoisotopic (exact) mass is 252 g/mol. The molecule has 0 aliphatic carbocycles. The van der Waals surface area contributed by atoms with Gasteiger partial charge in [-0.25, -0.2) is 0 Å². The molecule has 1 heterocycles. The average Bonchev–Trinajstić information content (AvgIpc) is 2.35. The van der Waals surface area contributed by atoms with Gasteiger partial charge in [0.15, 0.2) is 0 Å². The second kappa shape index (κ2) is 7.47. The fourth-order valence-corrected chi connectivity index (χ4v) is 1.13. The number of hydrogen-bond donors (Lipinski definition) is 1. The molecule has 0 fully saturated rings. The zero-order valence-electron chi connectivity index (χ0n) is 11.2. The Kier molecular flexibility index (Phi) is 5.90. The Morgan fingerprint density at radius 2 is 2.00 bits per heavy atom. The van der Waals surface area contributed by atoms with Crippen LogP contribution in [0, 0.1) is 0 Å². The Hall–Kier alpha value is -1.85. The zero-order chi connectivity index (χ0) is 13.4. The average molecular weight is 252 g/mol. The van der Waals surface area contributed by atoms with E-state index in [1.54, 1.807) is 0 Å². The van der Waals surface area contributed by atoms with Crippen LogP contribution in [0.15, 0.2) is 12.2 Å². The van der Waals surface area contributed by atoms with Crippen LogP contribution >= 0.6 is 0 Å². The van der Waals surface area contributed by atoms with E-state index in [-0.39, 0.29) is 12.0 Å². The zero-order valence-corrected chi connectivity index (χ0v) is 11.2. The summed E-state index contributed by atoms with van der Waals surface area (Å²) in [6, 6.07) is 0.510. The molecular formula is C12H20N4O2. The second-order valence-corrected chi connectivity index (χ2v) is 3.91. The molecule has 0 aliphatic rings. The van der Waals surface area contributed by atoms with Crippen molar-refractivity contribution in [3.63, 3.8) is 0 Å². The summed E-state index contributed by atoms with van der Waals surface area (Å²) >= 11 is 0. The Morgan fingerprint density at radius 3 is 2.61 bits per heavy atom. The van der Waals surface area contributed by atoms with Crippen molar-refractivity contribution in [3.05, 3.63) is 12.2 Å². The van der Waals surface area contributed by atoms with Crippen molar-refractivity contribution in [1.29, 1.82) is 0 Å². The van der Waals surface area contributed by atoms with Gasteiger partial charge in [0.2, 0.25) is 5.95 Å². The molecule has 0 saturated heterocycles. The minimum Gasteiger partial charge on any atom is -0.467 e. The predicted molar refractivity (Wildman–Crippen MR) is 70.1 cm³/mol. The topological polar surface area (TPSA) is 69.2 Å². The molecule has 1 rings (SSSR count). The van der Waals surface area contributed by atoms with Gasteiger partial charge in [-0.05, 0) is 13.3 Å². The Morgan fingerprint density at radius 1 is 1.28 bits per heavy atom. The largest absolute Gasteiger partial charge is 0.467 e.